The molecule has 1 aliphatic heterocycles. The Bertz CT molecular complexity index is 2030. The Morgan fingerprint density at radius 2 is 1.87 bits per heavy atom. The Balaban J connectivity index is 0.00000576. The van der Waals surface area contributed by atoms with Gasteiger partial charge in [-0.05, 0) is 44.1 Å². The molecule has 0 saturated heterocycles. The van der Waals surface area contributed by atoms with E-state index in [4.69, 9.17) is 0 Å². The predicted octanol–water partition coefficient (Wildman–Crippen LogP) is -0.533. The van der Waals surface area contributed by atoms with Gasteiger partial charge in [0.2, 0.25) is 11.6 Å². The van der Waals surface area contributed by atoms with Crippen molar-refractivity contribution >= 4 is 50.3 Å². The monoisotopic (exact) mass is 767 g/mol. The summed E-state index contributed by atoms with van der Waals surface area (Å²) < 4.78 is 37.1. The van der Waals surface area contributed by atoms with Crippen LogP contribution in [0.15, 0.2) is 58.3 Å². The van der Waals surface area contributed by atoms with E-state index < -0.39 is 38.4 Å². The Hall–Kier alpha value is -3.07. The molecule has 4 rings (SSSR count). The van der Waals surface area contributed by atoms with E-state index in [0.29, 0.717) is 11.1 Å². The standard InChI is InChI=1S/C31H31IN5O7S.Na/c1-31(2)24-15-20(19-36(27(38)17-32)12-6-14-45(42,43)44)9-10-25(24)37-13-11-21(16-26(31)37)22(18-33)7-5-8-23-28(39)34(3)30(41)35(4)29(23)40;/h5,7-11,13,15-16H,6,12,14,17,19H2,1-4H3;/q;+1. The number of nitriles is 1. The number of rotatable bonds is 10. The van der Waals surface area contributed by atoms with Crippen molar-refractivity contribution < 1.29 is 57.0 Å². The summed E-state index contributed by atoms with van der Waals surface area (Å²) in [7, 11) is -1.80. The summed E-state index contributed by atoms with van der Waals surface area (Å²) >= 11 is 1.96. The van der Waals surface area contributed by atoms with Crippen molar-refractivity contribution in [2.75, 3.05) is 16.7 Å². The fourth-order valence-corrected chi connectivity index (χ4v) is 6.32. The molecule has 0 fully saturated rings. The van der Waals surface area contributed by atoms with Crippen molar-refractivity contribution in [1.82, 2.24) is 14.0 Å². The van der Waals surface area contributed by atoms with Crippen LogP contribution in [-0.2, 0) is 46.1 Å². The molecule has 235 valence electrons. The predicted molar refractivity (Wildman–Crippen MR) is 173 cm³/mol. The Labute approximate surface area is 302 Å². The van der Waals surface area contributed by atoms with Gasteiger partial charge in [-0.25, -0.2) is 13.2 Å². The third kappa shape index (κ3) is 7.72. The number of allylic oxidation sites excluding steroid dienone is 3. The number of nitrogens with zero attached hydrogens (tertiary/aromatic N) is 5. The van der Waals surface area contributed by atoms with Crippen molar-refractivity contribution in [1.29, 1.82) is 5.26 Å². The smallest absolute Gasteiger partial charge is 0.748 e. The first-order chi connectivity index (χ1) is 21.1. The van der Waals surface area contributed by atoms with Crippen molar-refractivity contribution in [3.63, 3.8) is 0 Å². The van der Waals surface area contributed by atoms with Gasteiger partial charge in [0.1, 0.15) is 5.56 Å². The number of halogens is 1. The van der Waals surface area contributed by atoms with E-state index in [1.165, 1.54) is 32.3 Å². The first kappa shape index (κ1) is 37.4. The maximum absolute atomic E-state index is 12.6. The van der Waals surface area contributed by atoms with Crippen molar-refractivity contribution in [3.8, 4) is 17.6 Å². The van der Waals surface area contributed by atoms with Crippen LogP contribution in [0.4, 0.5) is 0 Å². The van der Waals surface area contributed by atoms with Gasteiger partial charge in [-0.2, -0.15) is 9.83 Å². The minimum absolute atomic E-state index is 0. The molecule has 1 aliphatic rings. The number of fused-ring (bicyclic) bond motifs is 3. The second kappa shape index (κ2) is 14.8. The van der Waals surface area contributed by atoms with Gasteiger partial charge in [0, 0.05) is 62.3 Å². The first-order valence-corrected chi connectivity index (χ1v) is 16.9. The van der Waals surface area contributed by atoms with Gasteiger partial charge < -0.3 is 9.45 Å². The second-order valence-corrected chi connectivity index (χ2v) is 13.5. The summed E-state index contributed by atoms with van der Waals surface area (Å²) in [5, 5.41) is 22.4. The van der Waals surface area contributed by atoms with E-state index in [1.807, 2.05) is 71.5 Å². The average molecular weight is 768 g/mol. The molecule has 0 spiro atoms. The largest absolute Gasteiger partial charge is 1.00 e. The van der Waals surface area contributed by atoms with E-state index in [-0.39, 0.29) is 65.0 Å². The average Bonchev–Trinajstić information content (AvgIpc) is 3.22. The van der Waals surface area contributed by atoms with Gasteiger partial charge in [-0.1, -0.05) is 34.7 Å². The molecule has 3 heterocycles. The van der Waals surface area contributed by atoms with Crippen LogP contribution in [0, 0.1) is 11.3 Å². The van der Waals surface area contributed by atoms with Crippen LogP contribution >= 0.6 is 22.6 Å². The molecule has 0 atom stereocenters. The third-order valence-electron chi connectivity index (χ3n) is 7.85. The number of carbonyl (C=O) groups excluding carboxylic acids is 1. The van der Waals surface area contributed by atoms with Gasteiger partial charge in [-0.15, -0.1) is 0 Å². The summed E-state index contributed by atoms with van der Waals surface area (Å²) in [6, 6.07) is 11.7. The second-order valence-electron chi connectivity index (χ2n) is 11.2. The molecule has 0 saturated carbocycles. The van der Waals surface area contributed by atoms with Crippen LogP contribution in [0.3, 0.4) is 0 Å². The summed E-state index contributed by atoms with van der Waals surface area (Å²) in [5.41, 5.74) is 2.47. The van der Waals surface area contributed by atoms with Crippen LogP contribution in [0.2, 0.25) is 0 Å². The maximum Gasteiger partial charge on any atom is 1.00 e. The zero-order valence-electron chi connectivity index (χ0n) is 26.1. The summed E-state index contributed by atoms with van der Waals surface area (Å²) in [4.78, 5) is 38.6. The Morgan fingerprint density at radius 1 is 1.17 bits per heavy atom. The number of benzene rings is 1. The molecule has 0 aliphatic carbocycles. The molecule has 3 aromatic rings. The van der Waals surface area contributed by atoms with E-state index in [9.17, 15) is 37.7 Å². The van der Waals surface area contributed by atoms with Crippen molar-refractivity contribution in [2.24, 2.45) is 14.1 Å². The maximum atomic E-state index is 12.6. The number of hydrogen-bond donors (Lipinski definition) is 0. The van der Waals surface area contributed by atoms with Crippen LogP contribution in [0.5, 0.6) is 5.88 Å². The Morgan fingerprint density at radius 3 is 2.50 bits per heavy atom. The zero-order valence-corrected chi connectivity index (χ0v) is 31.1. The fourth-order valence-electron chi connectivity index (χ4n) is 5.35. The fraction of sp³-hybridized carbons (Fsp3) is 0.323. The van der Waals surface area contributed by atoms with Gasteiger partial charge in [0.25, 0.3) is 11.4 Å². The molecule has 46 heavy (non-hydrogen) atoms. The SMILES string of the molecule is Cn1c([O])c(/C=C/C=C(\C#N)c2cc[n+]3c(c2)C(C)(C)c2cc(CN(CCCS(=O)(=O)[O-])C(=O)CI)ccc2-3)c(=O)n(C)c1=O.[Na+]. The van der Waals surface area contributed by atoms with Gasteiger partial charge in [0.05, 0.1) is 31.6 Å². The molecule has 0 bridgehead atoms. The third-order valence-corrected chi connectivity index (χ3v) is 9.29. The molecular formula is C31H31IN5NaO7S+. The number of alkyl halides is 1. The van der Waals surface area contributed by atoms with E-state index in [1.54, 1.807) is 11.0 Å². The van der Waals surface area contributed by atoms with Crippen LogP contribution in [0.25, 0.3) is 17.3 Å². The van der Waals surface area contributed by atoms with E-state index in [2.05, 4.69) is 6.07 Å². The minimum Gasteiger partial charge on any atom is -0.748 e. The van der Waals surface area contributed by atoms with Gasteiger partial charge >= 0.3 is 35.2 Å². The van der Waals surface area contributed by atoms with Crippen LogP contribution < -0.4 is 45.4 Å². The summed E-state index contributed by atoms with van der Waals surface area (Å²) in [6.07, 6.45) is 6.14. The number of pyridine rings is 1. The van der Waals surface area contributed by atoms with Crippen molar-refractivity contribution in [2.45, 2.75) is 32.2 Å². The van der Waals surface area contributed by atoms with Crippen LogP contribution in [-0.4, -0.2) is 49.6 Å². The van der Waals surface area contributed by atoms with Gasteiger partial charge in [-0.3, -0.25) is 23.8 Å². The summed E-state index contributed by atoms with van der Waals surface area (Å²) in [5.74, 6) is -1.42. The molecule has 1 aromatic carbocycles. The minimum atomic E-state index is -4.37. The number of carbonyl (C=O) groups is 1. The zero-order chi connectivity index (χ0) is 33.3. The van der Waals surface area contributed by atoms with E-state index in [0.717, 1.165) is 31.6 Å². The topological polar surface area (TPSA) is 169 Å². The molecule has 2 aromatic heterocycles. The molecule has 1 amide bonds. The molecular weight excluding hydrogens is 736 g/mol. The van der Waals surface area contributed by atoms with Crippen LogP contribution in [0.1, 0.15) is 48.2 Å². The first-order valence-electron chi connectivity index (χ1n) is 13.8. The molecule has 1 radical (unpaired) electrons. The molecule has 0 N–H and O–H groups in total. The normalized spacial score (nSPS) is 13.5. The molecule has 0 unspecified atom stereocenters. The van der Waals surface area contributed by atoms with Gasteiger partial charge in [0.15, 0.2) is 11.9 Å². The van der Waals surface area contributed by atoms with E-state index >= 15 is 0 Å². The molecule has 15 heteroatoms. The molecule has 12 nitrogen and oxygen atoms in total. The number of aromatic nitrogens is 3. The quantitative estimate of drug-likeness (QED) is 0.0508. The number of hydrogen-bond acceptors (Lipinski definition) is 7. The Kier molecular flexibility index (Phi) is 12.0. The van der Waals surface area contributed by atoms with Crippen molar-refractivity contribution in [3.05, 3.63) is 97.5 Å². The number of amides is 1. The summed E-state index contributed by atoms with van der Waals surface area (Å²) in [6.45, 7) is 4.50.